The van der Waals surface area contributed by atoms with Gasteiger partial charge in [-0.2, -0.15) is 0 Å². The van der Waals surface area contributed by atoms with Crippen LogP contribution >= 0.6 is 0 Å². The van der Waals surface area contributed by atoms with Gasteiger partial charge in [0, 0.05) is 11.1 Å². The van der Waals surface area contributed by atoms with Crippen molar-refractivity contribution in [2.75, 3.05) is 0 Å². The summed E-state index contributed by atoms with van der Waals surface area (Å²) in [4.78, 5) is 22.8. The van der Waals surface area contributed by atoms with E-state index in [1.165, 1.54) is 0 Å². The monoisotopic (exact) mass is 326 g/mol. The highest BCUT2D eigenvalue weighted by atomic mass is 16.3. The van der Waals surface area contributed by atoms with Crippen molar-refractivity contribution in [1.29, 1.82) is 0 Å². The fraction of sp³-hybridized carbons (Fsp3) is 0. The molecule has 0 aliphatic heterocycles. The molecule has 120 valence electrons. The van der Waals surface area contributed by atoms with Crippen molar-refractivity contribution in [3.8, 4) is 16.9 Å². The van der Waals surface area contributed by atoms with Crippen LogP contribution in [-0.4, -0.2) is 17.7 Å². The predicted octanol–water partition coefficient (Wildman–Crippen LogP) is 4.99. The van der Waals surface area contributed by atoms with Gasteiger partial charge < -0.3 is 5.11 Å². The van der Waals surface area contributed by atoms with Gasteiger partial charge in [0.2, 0.25) is 0 Å². The number of fused-ring (bicyclic) bond motifs is 2. The molecule has 0 aromatic heterocycles. The van der Waals surface area contributed by atoms with Gasteiger partial charge in [-0.25, -0.2) is 0 Å². The molecule has 0 atom stereocenters. The van der Waals surface area contributed by atoms with Crippen molar-refractivity contribution < 1.29 is 14.7 Å². The van der Waals surface area contributed by atoms with Gasteiger partial charge in [-0.15, -0.1) is 0 Å². The third kappa shape index (κ3) is 2.37. The summed E-state index contributed by atoms with van der Waals surface area (Å²) in [6.45, 7) is 0. The van der Waals surface area contributed by atoms with Gasteiger partial charge in [-0.3, -0.25) is 9.59 Å². The summed E-state index contributed by atoms with van der Waals surface area (Å²) < 4.78 is 0. The lowest BCUT2D eigenvalue weighted by Gasteiger charge is -2.14. The predicted molar refractivity (Wildman–Crippen MR) is 99.3 cm³/mol. The molecule has 0 fully saturated rings. The lowest BCUT2D eigenvalue weighted by molar-refractivity contribution is 0.111. The normalized spacial score (nSPS) is 10.9. The van der Waals surface area contributed by atoms with E-state index in [1.807, 2.05) is 54.6 Å². The van der Waals surface area contributed by atoms with Gasteiger partial charge in [0.15, 0.2) is 6.29 Å². The van der Waals surface area contributed by atoms with Gasteiger partial charge in [0.1, 0.15) is 12.0 Å². The summed E-state index contributed by atoms with van der Waals surface area (Å²) in [5.74, 6) is -0.0677. The third-order valence-electron chi connectivity index (χ3n) is 4.47. The van der Waals surface area contributed by atoms with Crippen LogP contribution in [-0.2, 0) is 0 Å². The molecule has 4 aromatic rings. The number of phenolic OH excluding ortho intramolecular Hbond substituents is 1. The van der Waals surface area contributed by atoms with Gasteiger partial charge in [-0.1, -0.05) is 48.5 Å². The van der Waals surface area contributed by atoms with Crippen LogP contribution in [0.1, 0.15) is 20.7 Å². The van der Waals surface area contributed by atoms with Gasteiger partial charge in [0.05, 0.1) is 5.56 Å². The van der Waals surface area contributed by atoms with Crippen molar-refractivity contribution >= 4 is 34.1 Å². The smallest absolute Gasteiger partial charge is 0.153 e. The largest absolute Gasteiger partial charge is 0.507 e. The topological polar surface area (TPSA) is 54.4 Å². The highest BCUT2D eigenvalue weighted by molar-refractivity contribution is 6.11. The van der Waals surface area contributed by atoms with Crippen LogP contribution in [0.2, 0.25) is 0 Å². The van der Waals surface area contributed by atoms with Gasteiger partial charge in [-0.05, 0) is 45.3 Å². The van der Waals surface area contributed by atoms with E-state index in [0.29, 0.717) is 17.4 Å². The maximum atomic E-state index is 11.4. The molecule has 0 aliphatic carbocycles. The fourth-order valence-electron chi connectivity index (χ4n) is 3.33. The lowest BCUT2D eigenvalue weighted by atomic mass is 9.90. The van der Waals surface area contributed by atoms with E-state index in [9.17, 15) is 14.7 Å². The second kappa shape index (κ2) is 5.87. The van der Waals surface area contributed by atoms with E-state index in [4.69, 9.17) is 0 Å². The highest BCUT2D eigenvalue weighted by Crippen LogP contribution is 2.42. The number of carbonyl (C=O) groups is 2. The lowest BCUT2D eigenvalue weighted by Crippen LogP contribution is -1.92. The van der Waals surface area contributed by atoms with Crippen molar-refractivity contribution in [3.05, 3.63) is 77.9 Å². The second-order valence-electron chi connectivity index (χ2n) is 5.94. The standard InChI is InChI=1S/C22H14O3/c23-12-14-9-15-5-1-3-7-18(15)20(10-14)21-19-8-4-2-6-16(19)11-17(13-24)22(21)25/h1-13,25H. The number of carbonyl (C=O) groups excluding carboxylic acids is 2. The van der Waals surface area contributed by atoms with Gasteiger partial charge >= 0.3 is 0 Å². The summed E-state index contributed by atoms with van der Waals surface area (Å²) in [7, 11) is 0. The number of aromatic hydroxyl groups is 1. The second-order valence-corrected chi connectivity index (χ2v) is 5.94. The quantitative estimate of drug-likeness (QED) is 0.540. The minimum Gasteiger partial charge on any atom is -0.507 e. The Kier molecular flexibility index (Phi) is 3.55. The molecule has 4 rings (SSSR count). The van der Waals surface area contributed by atoms with E-state index in [2.05, 4.69) is 0 Å². The Balaban J connectivity index is 2.22. The molecule has 25 heavy (non-hydrogen) atoms. The molecule has 0 radical (unpaired) electrons. The molecule has 3 nitrogen and oxygen atoms in total. The van der Waals surface area contributed by atoms with Gasteiger partial charge in [0.25, 0.3) is 0 Å². The number of hydrogen-bond acceptors (Lipinski definition) is 3. The van der Waals surface area contributed by atoms with Crippen LogP contribution < -0.4 is 0 Å². The number of aldehydes is 2. The zero-order valence-electron chi connectivity index (χ0n) is 13.3. The molecule has 3 heteroatoms. The molecule has 0 bridgehead atoms. The SMILES string of the molecule is O=Cc1cc(-c2c(O)c(C=O)cc3ccccc23)c2ccccc2c1. The first-order valence-corrected chi connectivity index (χ1v) is 7.91. The summed E-state index contributed by atoms with van der Waals surface area (Å²) in [5.41, 5.74) is 2.06. The van der Waals surface area contributed by atoms with E-state index in [1.54, 1.807) is 12.1 Å². The molecular weight excluding hydrogens is 312 g/mol. The van der Waals surface area contributed by atoms with Crippen LogP contribution in [0.5, 0.6) is 5.75 Å². The van der Waals surface area contributed by atoms with Crippen LogP contribution in [0.25, 0.3) is 32.7 Å². The molecule has 0 aliphatic rings. The number of phenols is 1. The summed E-state index contributed by atoms with van der Waals surface area (Å²) in [6, 6.07) is 20.5. The molecule has 0 heterocycles. The number of benzene rings is 4. The molecular formula is C22H14O3. The van der Waals surface area contributed by atoms with E-state index in [-0.39, 0.29) is 11.3 Å². The Hall–Kier alpha value is -3.46. The maximum Gasteiger partial charge on any atom is 0.153 e. The molecule has 0 amide bonds. The molecule has 1 N–H and O–H groups in total. The zero-order chi connectivity index (χ0) is 17.4. The first kappa shape index (κ1) is 15.1. The average Bonchev–Trinajstić information content (AvgIpc) is 2.66. The zero-order valence-corrected chi connectivity index (χ0v) is 13.3. The minimum absolute atomic E-state index is 0.0677. The van der Waals surface area contributed by atoms with Crippen molar-refractivity contribution in [2.24, 2.45) is 0 Å². The van der Waals surface area contributed by atoms with Crippen LogP contribution in [0.3, 0.4) is 0 Å². The van der Waals surface area contributed by atoms with Crippen molar-refractivity contribution in [1.82, 2.24) is 0 Å². The molecule has 0 saturated heterocycles. The molecule has 0 saturated carbocycles. The van der Waals surface area contributed by atoms with E-state index in [0.717, 1.165) is 33.4 Å². The van der Waals surface area contributed by atoms with E-state index >= 15 is 0 Å². The molecule has 4 aromatic carbocycles. The first-order chi connectivity index (χ1) is 12.2. The summed E-state index contributed by atoms with van der Waals surface area (Å²) in [5, 5.41) is 14.3. The Morgan fingerprint density at radius 1 is 0.720 bits per heavy atom. The first-order valence-electron chi connectivity index (χ1n) is 7.91. The van der Waals surface area contributed by atoms with Crippen molar-refractivity contribution in [2.45, 2.75) is 0 Å². The Bertz CT molecular complexity index is 1140. The highest BCUT2D eigenvalue weighted by Gasteiger charge is 2.17. The van der Waals surface area contributed by atoms with E-state index < -0.39 is 0 Å². The minimum atomic E-state index is -0.0677. The van der Waals surface area contributed by atoms with Crippen molar-refractivity contribution in [3.63, 3.8) is 0 Å². The summed E-state index contributed by atoms with van der Waals surface area (Å²) >= 11 is 0. The average molecular weight is 326 g/mol. The third-order valence-corrected chi connectivity index (χ3v) is 4.47. The van der Waals surface area contributed by atoms with Crippen LogP contribution in [0, 0.1) is 0 Å². The fourth-order valence-corrected chi connectivity index (χ4v) is 3.33. The number of hydrogen-bond donors (Lipinski definition) is 1. The molecule has 0 spiro atoms. The Labute approximate surface area is 144 Å². The Morgan fingerprint density at radius 3 is 2.04 bits per heavy atom. The summed E-state index contributed by atoms with van der Waals surface area (Å²) in [6.07, 6.45) is 1.44. The van der Waals surface area contributed by atoms with Crippen LogP contribution in [0.15, 0.2) is 66.7 Å². The molecule has 0 unspecified atom stereocenters. The maximum absolute atomic E-state index is 11.4. The van der Waals surface area contributed by atoms with Crippen LogP contribution in [0.4, 0.5) is 0 Å². The number of rotatable bonds is 3. The Morgan fingerprint density at radius 2 is 1.36 bits per heavy atom.